The van der Waals surface area contributed by atoms with E-state index >= 15 is 0 Å². The lowest BCUT2D eigenvalue weighted by molar-refractivity contribution is -0.117. The van der Waals surface area contributed by atoms with E-state index in [0.717, 1.165) is 31.4 Å². The Kier molecular flexibility index (Phi) is 6.57. The smallest absolute Gasteiger partial charge is 0.241 e. The van der Waals surface area contributed by atoms with Gasteiger partial charge in [0.05, 0.1) is 5.76 Å². The summed E-state index contributed by atoms with van der Waals surface area (Å²) in [6.45, 7) is 12.0. The average Bonchev–Trinajstić information content (AvgIpc) is 1.99. The first kappa shape index (κ1) is 14.4. The van der Waals surface area contributed by atoms with Crippen LogP contribution in [-0.4, -0.2) is 14.1 Å². The molecule has 0 radical (unpaired) electrons. The minimum atomic E-state index is -1.46. The number of ketones is 1. The van der Waals surface area contributed by atoms with Gasteiger partial charge in [0.25, 0.3) is 0 Å². The minimum Gasteiger partial charge on any atom is -0.548 e. The van der Waals surface area contributed by atoms with Gasteiger partial charge in [-0.2, -0.15) is 0 Å². The molecule has 0 amide bonds. The molecule has 0 fully saturated rings. The number of allylic oxidation sites excluding steroid dienone is 1. The summed E-state index contributed by atoms with van der Waals surface area (Å²) in [5.74, 6) is 1.20. The average molecular weight is 228 g/mol. The van der Waals surface area contributed by atoms with Crippen LogP contribution in [0.4, 0.5) is 0 Å². The second-order valence-corrected chi connectivity index (χ2v) is 9.44. The van der Waals surface area contributed by atoms with Gasteiger partial charge < -0.3 is 9.22 Å². The minimum absolute atomic E-state index is 0.284. The van der Waals surface area contributed by atoms with E-state index in [0.29, 0.717) is 6.42 Å². The zero-order valence-corrected chi connectivity index (χ0v) is 11.6. The quantitative estimate of drug-likeness (QED) is 0.358. The maximum Gasteiger partial charge on any atom is 0.241 e. The van der Waals surface area contributed by atoms with Gasteiger partial charge in [0, 0.05) is 12.8 Å². The van der Waals surface area contributed by atoms with E-state index in [4.69, 9.17) is 4.43 Å². The zero-order chi connectivity index (χ0) is 11.9. The van der Waals surface area contributed by atoms with Gasteiger partial charge in [-0.3, -0.25) is 0 Å². The van der Waals surface area contributed by atoms with E-state index in [-0.39, 0.29) is 5.78 Å². The van der Waals surface area contributed by atoms with Crippen LogP contribution in [0.5, 0.6) is 0 Å². The van der Waals surface area contributed by atoms with E-state index in [9.17, 15) is 4.79 Å². The molecule has 0 aliphatic rings. The number of unbranched alkanes of at least 4 members (excludes halogenated alkanes) is 2. The number of carbonyl (C=O) groups is 1. The molecule has 0 aliphatic heterocycles. The third-order valence-corrected chi connectivity index (χ3v) is 2.84. The largest absolute Gasteiger partial charge is 0.548 e. The Morgan fingerprint density at radius 2 is 1.67 bits per heavy atom. The Morgan fingerprint density at radius 3 is 2.13 bits per heavy atom. The van der Waals surface area contributed by atoms with Gasteiger partial charge in [-0.25, -0.2) is 0 Å². The second-order valence-electron chi connectivity index (χ2n) is 5.02. The molecule has 0 aromatic heterocycles. The van der Waals surface area contributed by atoms with Crippen molar-refractivity contribution in [2.45, 2.75) is 58.7 Å². The number of hydrogen-bond acceptors (Lipinski definition) is 2. The highest BCUT2D eigenvalue weighted by Crippen LogP contribution is 2.15. The van der Waals surface area contributed by atoms with Crippen molar-refractivity contribution in [2.24, 2.45) is 0 Å². The second kappa shape index (κ2) is 6.83. The maximum atomic E-state index is 10.7. The topological polar surface area (TPSA) is 26.3 Å². The van der Waals surface area contributed by atoms with Crippen molar-refractivity contribution in [2.75, 3.05) is 0 Å². The summed E-state index contributed by atoms with van der Waals surface area (Å²) in [5.41, 5.74) is 0. The molecule has 0 saturated carbocycles. The van der Waals surface area contributed by atoms with Crippen LogP contribution >= 0.6 is 0 Å². The SMILES string of the molecule is C=C(CCCCCC(C)=O)O[Si](C)(C)C. The fraction of sp³-hybridized carbons (Fsp3) is 0.750. The van der Waals surface area contributed by atoms with Gasteiger partial charge in [0.1, 0.15) is 5.78 Å². The lowest BCUT2D eigenvalue weighted by Crippen LogP contribution is -2.24. The van der Waals surface area contributed by atoms with Crippen LogP contribution in [0.3, 0.4) is 0 Å². The summed E-state index contributed by atoms with van der Waals surface area (Å²) in [7, 11) is -1.46. The number of hydrogen-bond donors (Lipinski definition) is 0. The van der Waals surface area contributed by atoms with Crippen LogP contribution < -0.4 is 0 Å². The van der Waals surface area contributed by atoms with Gasteiger partial charge in [0.15, 0.2) is 0 Å². The molecule has 0 aliphatic carbocycles. The molecule has 0 aromatic carbocycles. The summed E-state index contributed by atoms with van der Waals surface area (Å²) in [4.78, 5) is 10.7. The Morgan fingerprint density at radius 1 is 1.13 bits per heavy atom. The van der Waals surface area contributed by atoms with Crippen molar-refractivity contribution in [1.29, 1.82) is 0 Å². The highest BCUT2D eigenvalue weighted by Gasteiger charge is 2.16. The number of Topliss-reactive ketones (excluding diaryl/α,β-unsaturated/α-hetero) is 1. The van der Waals surface area contributed by atoms with E-state index in [2.05, 4.69) is 26.2 Å². The summed E-state index contributed by atoms with van der Waals surface area (Å²) in [6.07, 6.45) is 4.81. The molecule has 0 unspecified atom stereocenters. The van der Waals surface area contributed by atoms with Crippen molar-refractivity contribution >= 4 is 14.1 Å². The molecule has 15 heavy (non-hydrogen) atoms. The molecule has 88 valence electrons. The normalized spacial score (nSPS) is 11.2. The molecular formula is C12H24O2Si. The lowest BCUT2D eigenvalue weighted by Gasteiger charge is -2.20. The molecule has 0 spiro atoms. The first-order valence-corrected chi connectivity index (χ1v) is 9.08. The maximum absolute atomic E-state index is 10.7. The first-order valence-electron chi connectivity index (χ1n) is 5.67. The fourth-order valence-electron chi connectivity index (χ4n) is 1.36. The predicted octanol–water partition coefficient (Wildman–Crippen LogP) is 3.89. The highest BCUT2D eigenvalue weighted by atomic mass is 28.4. The fourth-order valence-corrected chi connectivity index (χ4v) is 2.33. The third-order valence-electron chi connectivity index (χ3n) is 1.93. The monoisotopic (exact) mass is 228 g/mol. The van der Waals surface area contributed by atoms with Crippen LogP contribution in [0.1, 0.15) is 39.0 Å². The Bertz CT molecular complexity index is 216. The van der Waals surface area contributed by atoms with Gasteiger partial charge in [-0.15, -0.1) is 0 Å². The molecule has 0 atom stereocenters. The molecule has 0 bridgehead atoms. The van der Waals surface area contributed by atoms with E-state index in [1.165, 1.54) is 0 Å². The summed E-state index contributed by atoms with van der Waals surface area (Å²) >= 11 is 0. The number of rotatable bonds is 8. The van der Waals surface area contributed by atoms with Gasteiger partial charge >= 0.3 is 0 Å². The standard InChI is InChI=1S/C12H24O2Si/c1-11(13)9-7-6-8-10-12(2)14-15(3,4)5/h2,6-10H2,1,3-5H3. The van der Waals surface area contributed by atoms with Crippen molar-refractivity contribution in [3.63, 3.8) is 0 Å². The highest BCUT2D eigenvalue weighted by molar-refractivity contribution is 6.70. The molecule has 0 rings (SSSR count). The van der Waals surface area contributed by atoms with Crippen LogP contribution in [0, 0.1) is 0 Å². The number of carbonyl (C=O) groups excluding carboxylic acids is 1. The van der Waals surface area contributed by atoms with Crippen molar-refractivity contribution < 1.29 is 9.22 Å². The lowest BCUT2D eigenvalue weighted by atomic mass is 10.1. The molecular weight excluding hydrogens is 204 g/mol. The van der Waals surface area contributed by atoms with Gasteiger partial charge in [-0.05, 0) is 39.4 Å². The third kappa shape index (κ3) is 11.4. The first-order chi connectivity index (χ1) is 6.81. The van der Waals surface area contributed by atoms with Gasteiger partial charge in [-0.1, -0.05) is 13.0 Å². The zero-order valence-electron chi connectivity index (χ0n) is 10.6. The van der Waals surface area contributed by atoms with E-state index in [1.807, 2.05) is 0 Å². The Labute approximate surface area is 94.8 Å². The van der Waals surface area contributed by atoms with Crippen molar-refractivity contribution in [3.05, 3.63) is 12.3 Å². The molecule has 0 aromatic rings. The van der Waals surface area contributed by atoms with Crippen molar-refractivity contribution in [1.82, 2.24) is 0 Å². The van der Waals surface area contributed by atoms with Crippen LogP contribution in [0.15, 0.2) is 12.3 Å². The predicted molar refractivity (Wildman–Crippen MR) is 67.3 cm³/mol. The van der Waals surface area contributed by atoms with E-state index < -0.39 is 8.32 Å². The molecule has 3 heteroatoms. The molecule has 0 saturated heterocycles. The summed E-state index contributed by atoms with van der Waals surface area (Å²) in [6, 6.07) is 0. The van der Waals surface area contributed by atoms with Crippen LogP contribution in [0.25, 0.3) is 0 Å². The molecule has 2 nitrogen and oxygen atoms in total. The van der Waals surface area contributed by atoms with Crippen LogP contribution in [0.2, 0.25) is 19.6 Å². The van der Waals surface area contributed by atoms with Crippen molar-refractivity contribution in [3.8, 4) is 0 Å². The van der Waals surface area contributed by atoms with Gasteiger partial charge in [0.2, 0.25) is 8.32 Å². The Balaban J connectivity index is 3.44. The molecule has 0 heterocycles. The summed E-state index contributed by atoms with van der Waals surface area (Å²) in [5, 5.41) is 0. The van der Waals surface area contributed by atoms with Crippen LogP contribution in [-0.2, 0) is 9.22 Å². The molecule has 0 N–H and O–H groups in total. The Hall–Kier alpha value is -0.573. The summed E-state index contributed by atoms with van der Waals surface area (Å²) < 4.78 is 5.74. The van der Waals surface area contributed by atoms with E-state index in [1.54, 1.807) is 6.92 Å².